The first-order valence-electron chi connectivity index (χ1n) is 10.8. The van der Waals surface area contributed by atoms with E-state index in [0.29, 0.717) is 6.42 Å². The summed E-state index contributed by atoms with van der Waals surface area (Å²) in [5.41, 5.74) is 0.858. The fourth-order valence-corrected chi connectivity index (χ4v) is 4.20. The number of hydrogen-bond donors (Lipinski definition) is 1. The van der Waals surface area contributed by atoms with E-state index >= 15 is 0 Å². The van der Waals surface area contributed by atoms with Crippen LogP contribution >= 0.6 is 0 Å². The van der Waals surface area contributed by atoms with Gasteiger partial charge in [0.2, 0.25) is 5.91 Å². The van der Waals surface area contributed by atoms with E-state index in [4.69, 9.17) is 9.47 Å². The molecule has 0 bridgehead atoms. The lowest BCUT2D eigenvalue weighted by molar-refractivity contribution is -0.137. The molecule has 0 radical (unpaired) electrons. The first-order valence-corrected chi connectivity index (χ1v) is 10.8. The maximum absolute atomic E-state index is 13.2. The number of amides is 3. The van der Waals surface area contributed by atoms with E-state index in [-0.39, 0.29) is 6.54 Å². The number of aliphatic hydroxyl groups excluding tert-OH is 1. The van der Waals surface area contributed by atoms with Gasteiger partial charge in [0.15, 0.2) is 0 Å². The van der Waals surface area contributed by atoms with Gasteiger partial charge in [0.05, 0.1) is 24.1 Å². The van der Waals surface area contributed by atoms with Gasteiger partial charge < -0.3 is 14.6 Å². The van der Waals surface area contributed by atoms with Crippen molar-refractivity contribution in [3.8, 4) is 0 Å². The predicted molar refractivity (Wildman–Crippen MR) is 118 cm³/mol. The van der Waals surface area contributed by atoms with Gasteiger partial charge in [-0.1, -0.05) is 49.4 Å². The Kier molecular flexibility index (Phi) is 6.64. The molecule has 8 heteroatoms. The van der Waals surface area contributed by atoms with Gasteiger partial charge in [-0.2, -0.15) is 0 Å². The minimum Gasteiger partial charge on any atom is -0.444 e. The molecule has 1 aromatic rings. The molecule has 5 atom stereocenters. The molecule has 0 aromatic heterocycles. The van der Waals surface area contributed by atoms with Gasteiger partial charge in [-0.05, 0) is 39.7 Å². The zero-order chi connectivity index (χ0) is 23.8. The van der Waals surface area contributed by atoms with Crippen LogP contribution in [0.4, 0.5) is 9.59 Å². The first-order chi connectivity index (χ1) is 14.9. The van der Waals surface area contributed by atoms with Gasteiger partial charge in [-0.25, -0.2) is 14.5 Å². The first kappa shape index (κ1) is 23.8. The van der Waals surface area contributed by atoms with Crippen molar-refractivity contribution < 1.29 is 29.0 Å². The largest absolute Gasteiger partial charge is 0.444 e. The minimum absolute atomic E-state index is 0.246. The average molecular weight is 445 g/mol. The molecule has 174 valence electrons. The Morgan fingerprint density at radius 1 is 1.25 bits per heavy atom. The van der Waals surface area contributed by atoms with E-state index in [9.17, 15) is 19.5 Å². The normalized spacial score (nSPS) is 25.5. The van der Waals surface area contributed by atoms with Crippen LogP contribution in [0.2, 0.25) is 0 Å². The quantitative estimate of drug-likeness (QED) is 0.712. The van der Waals surface area contributed by atoms with Crippen LogP contribution in [0.1, 0.15) is 52.7 Å². The third-order valence-electron chi connectivity index (χ3n) is 5.85. The highest BCUT2D eigenvalue weighted by Crippen LogP contribution is 2.35. The number of hydrogen-bond acceptors (Lipinski definition) is 6. The summed E-state index contributed by atoms with van der Waals surface area (Å²) < 4.78 is 10.9. The highest BCUT2D eigenvalue weighted by Gasteiger charge is 2.48. The fourth-order valence-electron chi connectivity index (χ4n) is 4.20. The van der Waals surface area contributed by atoms with Gasteiger partial charge in [0.25, 0.3) is 0 Å². The van der Waals surface area contributed by atoms with Crippen molar-refractivity contribution >= 4 is 18.1 Å². The Morgan fingerprint density at radius 2 is 1.88 bits per heavy atom. The molecular weight excluding hydrogens is 412 g/mol. The Bertz CT molecular complexity index is 894. The van der Waals surface area contributed by atoms with E-state index in [1.54, 1.807) is 34.6 Å². The Hall–Kier alpha value is -2.87. The van der Waals surface area contributed by atoms with Crippen LogP contribution in [0, 0.1) is 5.92 Å². The van der Waals surface area contributed by atoms with Crippen molar-refractivity contribution in [1.29, 1.82) is 0 Å². The number of carbonyl (C=O) groups excluding carboxylic acids is 3. The summed E-state index contributed by atoms with van der Waals surface area (Å²) in [5, 5.41) is 11.0. The second-order valence-corrected chi connectivity index (χ2v) is 9.57. The van der Waals surface area contributed by atoms with E-state index in [2.05, 4.69) is 6.58 Å². The Labute approximate surface area is 188 Å². The van der Waals surface area contributed by atoms with Gasteiger partial charge in [0, 0.05) is 6.54 Å². The third kappa shape index (κ3) is 4.80. The Balaban J connectivity index is 1.75. The molecule has 8 nitrogen and oxygen atoms in total. The van der Waals surface area contributed by atoms with Crippen LogP contribution in [0.5, 0.6) is 0 Å². The second kappa shape index (κ2) is 8.94. The van der Waals surface area contributed by atoms with E-state index in [1.165, 1.54) is 4.90 Å². The second-order valence-electron chi connectivity index (χ2n) is 9.57. The van der Waals surface area contributed by atoms with Crippen molar-refractivity contribution in [1.82, 2.24) is 9.80 Å². The zero-order valence-corrected chi connectivity index (χ0v) is 19.3. The number of benzene rings is 1. The molecule has 3 rings (SSSR count). The molecule has 2 aliphatic heterocycles. The average Bonchev–Trinajstić information content (AvgIpc) is 3.25. The number of ether oxygens (including phenoxy) is 2. The smallest absolute Gasteiger partial charge is 0.417 e. The molecule has 1 aromatic carbocycles. The summed E-state index contributed by atoms with van der Waals surface area (Å²) in [6.07, 6.45) is -2.75. The van der Waals surface area contributed by atoms with E-state index < -0.39 is 53.9 Å². The Morgan fingerprint density at radius 3 is 2.47 bits per heavy atom. The van der Waals surface area contributed by atoms with Crippen molar-refractivity contribution in [2.24, 2.45) is 5.92 Å². The van der Waals surface area contributed by atoms with E-state index in [0.717, 1.165) is 16.0 Å². The predicted octanol–water partition coefficient (Wildman–Crippen LogP) is 3.66. The number of nitrogens with zero attached hydrogens (tertiary/aromatic N) is 2. The molecule has 1 N–H and O–H groups in total. The van der Waals surface area contributed by atoms with Crippen LogP contribution in [-0.4, -0.2) is 63.3 Å². The molecule has 2 saturated heterocycles. The summed E-state index contributed by atoms with van der Waals surface area (Å²) in [4.78, 5) is 40.9. The number of likely N-dealkylation sites (tertiary alicyclic amines) is 1. The summed E-state index contributed by atoms with van der Waals surface area (Å²) in [7, 11) is 0. The van der Waals surface area contributed by atoms with Crippen LogP contribution < -0.4 is 0 Å². The minimum atomic E-state index is -1.20. The number of carbonyl (C=O) groups is 3. The van der Waals surface area contributed by atoms with Crippen molar-refractivity contribution in [3.05, 3.63) is 48.0 Å². The monoisotopic (exact) mass is 444 g/mol. The number of aliphatic hydroxyl groups is 1. The molecule has 2 heterocycles. The number of cyclic esters (lactones) is 1. The van der Waals surface area contributed by atoms with Crippen LogP contribution in [0.15, 0.2) is 42.5 Å². The maximum Gasteiger partial charge on any atom is 0.417 e. The van der Waals surface area contributed by atoms with Crippen LogP contribution in [-0.2, 0) is 14.3 Å². The maximum atomic E-state index is 13.2. The molecule has 0 aliphatic carbocycles. The SMILES string of the molecule is C=C1C[C@@H](C(O)[C@@H](C)C(=O)N2C(=O)O[C@@H](c3ccccc3)[C@H]2C)N(C(=O)OC(C)(C)C)C1. The standard InChI is InChI=1S/C24H32N2O6/c1-14-12-18(25(13-14)22(29)32-24(4,5)6)19(27)15(2)21(28)26-16(3)20(31-23(26)30)17-10-8-7-9-11-17/h7-11,15-16,18-20,27H,1,12-13H2,2-6H3/t15-,16-,18+,19?,20-/m1/s1. The van der Waals surface area contributed by atoms with Gasteiger partial charge in [-0.3, -0.25) is 9.69 Å². The van der Waals surface area contributed by atoms with Crippen LogP contribution in [0.3, 0.4) is 0 Å². The number of rotatable bonds is 4. The summed E-state index contributed by atoms with van der Waals surface area (Å²) in [6, 6.07) is 8.00. The molecular formula is C24H32N2O6. The fraction of sp³-hybridized carbons (Fsp3) is 0.542. The van der Waals surface area contributed by atoms with E-state index in [1.807, 2.05) is 30.3 Å². The molecule has 1 unspecified atom stereocenters. The lowest BCUT2D eigenvalue weighted by atomic mass is 9.93. The lowest BCUT2D eigenvalue weighted by Gasteiger charge is -2.33. The molecule has 32 heavy (non-hydrogen) atoms. The van der Waals surface area contributed by atoms with Crippen molar-refractivity contribution in [2.45, 2.75) is 70.9 Å². The highest BCUT2D eigenvalue weighted by atomic mass is 16.6. The van der Waals surface area contributed by atoms with Gasteiger partial charge in [-0.15, -0.1) is 0 Å². The molecule has 2 fully saturated rings. The number of imide groups is 1. The summed E-state index contributed by atoms with van der Waals surface area (Å²) >= 11 is 0. The molecule has 3 amide bonds. The molecule has 2 aliphatic rings. The van der Waals surface area contributed by atoms with Crippen molar-refractivity contribution in [3.63, 3.8) is 0 Å². The summed E-state index contributed by atoms with van der Waals surface area (Å²) in [5.74, 6) is -1.49. The highest BCUT2D eigenvalue weighted by molar-refractivity contribution is 5.95. The van der Waals surface area contributed by atoms with Gasteiger partial charge >= 0.3 is 12.2 Å². The molecule has 0 spiro atoms. The summed E-state index contributed by atoms with van der Waals surface area (Å²) in [6.45, 7) is 12.8. The van der Waals surface area contributed by atoms with Crippen molar-refractivity contribution in [2.75, 3.05) is 6.54 Å². The van der Waals surface area contributed by atoms with Gasteiger partial charge in [0.1, 0.15) is 11.7 Å². The zero-order valence-electron chi connectivity index (χ0n) is 19.3. The molecule has 0 saturated carbocycles. The van der Waals surface area contributed by atoms with Crippen LogP contribution in [0.25, 0.3) is 0 Å². The third-order valence-corrected chi connectivity index (χ3v) is 5.85. The topological polar surface area (TPSA) is 96.4 Å². The lowest BCUT2D eigenvalue weighted by Crippen LogP contribution is -2.51.